The van der Waals surface area contributed by atoms with Gasteiger partial charge in [-0.3, -0.25) is 9.59 Å². The van der Waals surface area contributed by atoms with Crippen LogP contribution in [0.25, 0.3) is 0 Å². The van der Waals surface area contributed by atoms with Crippen molar-refractivity contribution in [3.05, 3.63) is 89.7 Å². The van der Waals surface area contributed by atoms with Crippen molar-refractivity contribution in [2.75, 3.05) is 24.4 Å². The molecule has 190 valence electrons. The Kier molecular flexibility index (Phi) is 7.47. The van der Waals surface area contributed by atoms with E-state index >= 15 is 0 Å². The number of hydrogen-bond donors (Lipinski definition) is 1. The predicted molar refractivity (Wildman–Crippen MR) is 133 cm³/mol. The summed E-state index contributed by atoms with van der Waals surface area (Å²) < 4.78 is 23.3. The van der Waals surface area contributed by atoms with Crippen LogP contribution in [0.1, 0.15) is 22.3 Å². The van der Waals surface area contributed by atoms with Crippen LogP contribution in [0.3, 0.4) is 0 Å². The average Bonchev–Trinajstić information content (AvgIpc) is 3.13. The lowest BCUT2D eigenvalue weighted by Gasteiger charge is -2.22. The molecule has 0 spiro atoms. The van der Waals surface area contributed by atoms with Gasteiger partial charge in [-0.1, -0.05) is 12.1 Å². The zero-order valence-corrected chi connectivity index (χ0v) is 20.1. The van der Waals surface area contributed by atoms with Gasteiger partial charge in [0.05, 0.1) is 31.9 Å². The van der Waals surface area contributed by atoms with Gasteiger partial charge in [0.2, 0.25) is 5.91 Å². The number of carbonyl (C=O) groups is 4. The van der Waals surface area contributed by atoms with Crippen molar-refractivity contribution < 1.29 is 33.0 Å². The predicted octanol–water partition coefficient (Wildman–Crippen LogP) is 3.99. The number of esters is 1. The number of methoxy groups -OCH3 is 2. The molecule has 0 aliphatic carbocycles. The van der Waals surface area contributed by atoms with Gasteiger partial charge in [0.1, 0.15) is 17.6 Å². The van der Waals surface area contributed by atoms with E-state index in [1.54, 1.807) is 24.3 Å². The monoisotopic (exact) mass is 505 g/mol. The van der Waals surface area contributed by atoms with Gasteiger partial charge in [-0.05, 0) is 66.2 Å². The first kappa shape index (κ1) is 25.4. The van der Waals surface area contributed by atoms with E-state index in [-0.39, 0.29) is 18.7 Å². The molecule has 9 nitrogen and oxygen atoms in total. The third-order valence-corrected chi connectivity index (χ3v) is 5.88. The molecular weight excluding hydrogens is 481 g/mol. The summed E-state index contributed by atoms with van der Waals surface area (Å²) >= 11 is 0. The van der Waals surface area contributed by atoms with Crippen LogP contribution < -0.4 is 15.0 Å². The third-order valence-electron chi connectivity index (χ3n) is 5.88. The fraction of sp³-hybridized carbons (Fsp3) is 0.185. The molecule has 4 rings (SSSR count). The molecule has 0 unspecified atom stereocenters. The second-order valence-electron chi connectivity index (χ2n) is 8.25. The Balaban J connectivity index is 1.56. The molecule has 3 aromatic carbocycles. The van der Waals surface area contributed by atoms with Gasteiger partial charge in [0.25, 0.3) is 5.91 Å². The molecule has 3 aromatic rings. The van der Waals surface area contributed by atoms with Gasteiger partial charge in [-0.25, -0.2) is 18.9 Å². The quantitative estimate of drug-likeness (QED) is 0.367. The van der Waals surface area contributed by atoms with Crippen LogP contribution >= 0.6 is 0 Å². The second-order valence-corrected chi connectivity index (χ2v) is 8.25. The maximum absolute atomic E-state index is 13.5. The van der Waals surface area contributed by atoms with Gasteiger partial charge in [-0.15, -0.1) is 0 Å². The number of imide groups is 1. The summed E-state index contributed by atoms with van der Waals surface area (Å²) in [6, 6.07) is 16.3. The number of amides is 4. The summed E-state index contributed by atoms with van der Waals surface area (Å²) in [7, 11) is 2.81. The lowest BCUT2D eigenvalue weighted by atomic mass is 10.1. The van der Waals surface area contributed by atoms with E-state index in [4.69, 9.17) is 4.74 Å². The average molecular weight is 506 g/mol. The summed E-state index contributed by atoms with van der Waals surface area (Å²) in [5, 5.41) is 2.68. The smallest absolute Gasteiger partial charge is 0.337 e. The highest BCUT2D eigenvalue weighted by Crippen LogP contribution is 2.29. The number of carbonyl (C=O) groups excluding carboxylic acids is 4. The second kappa shape index (κ2) is 10.9. The minimum atomic E-state index is -1.09. The highest BCUT2D eigenvalue weighted by Gasteiger charge is 2.46. The molecule has 1 aliphatic heterocycles. The van der Waals surface area contributed by atoms with E-state index in [9.17, 15) is 23.6 Å². The number of benzene rings is 3. The Hall–Kier alpha value is -4.73. The number of anilines is 2. The lowest BCUT2D eigenvalue weighted by Crippen LogP contribution is -2.37. The number of nitrogens with zero attached hydrogens (tertiary/aromatic N) is 2. The van der Waals surface area contributed by atoms with Crippen LogP contribution in [0.15, 0.2) is 72.8 Å². The highest BCUT2D eigenvalue weighted by atomic mass is 19.1. The number of nitrogens with one attached hydrogen (secondary N) is 1. The molecule has 0 saturated carbocycles. The molecule has 4 amide bonds. The fourth-order valence-electron chi connectivity index (χ4n) is 3.96. The molecule has 1 atom stereocenters. The van der Waals surface area contributed by atoms with Crippen molar-refractivity contribution in [2.45, 2.75) is 19.0 Å². The highest BCUT2D eigenvalue weighted by molar-refractivity contribution is 6.22. The van der Waals surface area contributed by atoms with Crippen LogP contribution in [0, 0.1) is 5.82 Å². The summed E-state index contributed by atoms with van der Waals surface area (Å²) in [5.41, 5.74) is 1.66. The Morgan fingerprint density at radius 2 is 1.57 bits per heavy atom. The van der Waals surface area contributed by atoms with Crippen molar-refractivity contribution in [3.63, 3.8) is 0 Å². The van der Waals surface area contributed by atoms with E-state index in [0.29, 0.717) is 17.0 Å². The van der Waals surface area contributed by atoms with Crippen molar-refractivity contribution in [2.24, 2.45) is 0 Å². The Morgan fingerprint density at radius 3 is 2.16 bits per heavy atom. The van der Waals surface area contributed by atoms with Gasteiger partial charge in [0.15, 0.2) is 0 Å². The zero-order chi connectivity index (χ0) is 26.5. The topological polar surface area (TPSA) is 105 Å². The minimum absolute atomic E-state index is 0.0675. The molecule has 0 aromatic heterocycles. The van der Waals surface area contributed by atoms with Crippen molar-refractivity contribution in [1.82, 2.24) is 4.90 Å². The van der Waals surface area contributed by atoms with Crippen LogP contribution in [-0.2, 0) is 20.9 Å². The zero-order valence-electron chi connectivity index (χ0n) is 20.1. The molecule has 1 aliphatic rings. The van der Waals surface area contributed by atoms with Gasteiger partial charge in [0, 0.05) is 12.2 Å². The Morgan fingerprint density at radius 1 is 0.919 bits per heavy atom. The summed E-state index contributed by atoms with van der Waals surface area (Å²) in [4.78, 5) is 53.5. The minimum Gasteiger partial charge on any atom is -0.497 e. The molecule has 10 heteroatoms. The largest absolute Gasteiger partial charge is 0.497 e. The third kappa shape index (κ3) is 5.58. The van der Waals surface area contributed by atoms with Crippen LogP contribution in [0.2, 0.25) is 0 Å². The molecule has 0 bridgehead atoms. The first-order valence-corrected chi connectivity index (χ1v) is 11.3. The maximum Gasteiger partial charge on any atom is 0.337 e. The van der Waals surface area contributed by atoms with E-state index in [1.807, 2.05) is 0 Å². The van der Waals surface area contributed by atoms with Crippen LogP contribution in [0.4, 0.5) is 20.6 Å². The van der Waals surface area contributed by atoms with Crippen molar-refractivity contribution in [1.29, 1.82) is 0 Å². The lowest BCUT2D eigenvalue weighted by molar-refractivity contribution is -0.124. The SMILES string of the molecule is COC(=O)c1ccc(NC(=O)C[C@H]2C(=O)N(c3ccc(F)cc3)C(=O)N2Cc2ccc(OC)cc2)cc1. The first-order valence-electron chi connectivity index (χ1n) is 11.3. The number of ether oxygens (including phenoxy) is 2. The van der Waals surface area contributed by atoms with E-state index in [0.717, 1.165) is 22.6 Å². The molecule has 0 radical (unpaired) electrons. The van der Waals surface area contributed by atoms with Gasteiger partial charge >= 0.3 is 12.0 Å². The number of urea groups is 1. The summed E-state index contributed by atoms with van der Waals surface area (Å²) in [6.07, 6.45) is -0.308. The fourth-order valence-corrected chi connectivity index (χ4v) is 3.96. The molecule has 1 N–H and O–H groups in total. The van der Waals surface area contributed by atoms with Gasteiger partial charge in [-0.2, -0.15) is 0 Å². The van der Waals surface area contributed by atoms with E-state index in [1.165, 1.54) is 55.5 Å². The first-order chi connectivity index (χ1) is 17.8. The van der Waals surface area contributed by atoms with Crippen molar-refractivity contribution in [3.8, 4) is 5.75 Å². The van der Waals surface area contributed by atoms with Gasteiger partial charge < -0.3 is 19.7 Å². The number of halogens is 1. The van der Waals surface area contributed by atoms with E-state index in [2.05, 4.69) is 10.1 Å². The maximum atomic E-state index is 13.5. The Labute approximate surface area is 212 Å². The Bertz CT molecular complexity index is 1310. The van der Waals surface area contributed by atoms with Crippen LogP contribution in [0.5, 0.6) is 5.75 Å². The number of rotatable bonds is 8. The van der Waals surface area contributed by atoms with E-state index < -0.39 is 35.7 Å². The molecule has 1 fully saturated rings. The standard InChI is InChI=1S/C27H24FN3O6/c1-36-22-13-3-17(4-14-22)16-30-23(25(33)31(27(30)35)21-11-7-19(28)8-12-21)15-24(32)29-20-9-5-18(6-10-20)26(34)37-2/h3-14,23H,15-16H2,1-2H3,(H,29,32)/t23-/m0/s1. The molecular formula is C27H24FN3O6. The van der Waals surface area contributed by atoms with Crippen LogP contribution in [-0.4, -0.2) is 49.0 Å². The molecule has 1 saturated heterocycles. The summed E-state index contributed by atoms with van der Waals surface area (Å²) in [5.74, 6) is -1.48. The van der Waals surface area contributed by atoms with Crippen molar-refractivity contribution >= 4 is 35.2 Å². The summed E-state index contributed by atoms with van der Waals surface area (Å²) in [6.45, 7) is 0.0675. The molecule has 1 heterocycles. The normalized spacial score (nSPS) is 15.1. The molecule has 37 heavy (non-hydrogen) atoms. The number of hydrogen-bond acceptors (Lipinski definition) is 6.